The Morgan fingerprint density at radius 2 is 1.38 bits per heavy atom. The molecule has 2 unspecified atom stereocenters. The van der Waals surface area contributed by atoms with Crippen molar-refractivity contribution in [1.29, 1.82) is 0 Å². The normalized spacial score (nSPS) is 11.9. The molecule has 2 amide bonds. The van der Waals surface area contributed by atoms with Crippen LogP contribution in [0.5, 0.6) is 0 Å². The summed E-state index contributed by atoms with van der Waals surface area (Å²) in [5.74, 6) is -3.80. The highest BCUT2D eigenvalue weighted by atomic mass is 19.4. The number of pyridine rings is 1. The summed E-state index contributed by atoms with van der Waals surface area (Å²) in [6.07, 6.45) is -4.60. The molecule has 264 valence electrons. The minimum Gasteiger partial charge on any atom is -0.481 e. The van der Waals surface area contributed by atoms with Crippen molar-refractivity contribution < 1.29 is 52.0 Å². The van der Waals surface area contributed by atoms with Gasteiger partial charge in [-0.25, -0.2) is 14.6 Å². The van der Waals surface area contributed by atoms with Crippen LogP contribution in [0.2, 0.25) is 0 Å². The van der Waals surface area contributed by atoms with Crippen molar-refractivity contribution in [2.24, 2.45) is 0 Å². The first-order valence-electron chi connectivity index (χ1n) is 15.1. The first-order chi connectivity index (χ1) is 23.9. The Labute approximate surface area is 285 Å². The highest BCUT2D eigenvalue weighted by Gasteiger charge is 2.38. The van der Waals surface area contributed by atoms with Crippen LogP contribution in [0.25, 0.3) is 11.1 Å². The summed E-state index contributed by atoms with van der Waals surface area (Å²) in [7, 11) is 0. The number of alkyl halides is 3. The van der Waals surface area contributed by atoms with Crippen LogP contribution in [0.1, 0.15) is 23.6 Å². The van der Waals surface area contributed by atoms with E-state index < -0.39 is 42.2 Å². The minimum absolute atomic E-state index is 0.0248. The fourth-order valence-electron chi connectivity index (χ4n) is 4.26. The molecule has 0 radical (unpaired) electrons. The van der Waals surface area contributed by atoms with Gasteiger partial charge in [0.25, 0.3) is 0 Å². The van der Waals surface area contributed by atoms with Gasteiger partial charge in [0, 0.05) is 6.20 Å². The number of nitrogens with one attached hydrogen (secondary N) is 3. The van der Waals surface area contributed by atoms with Crippen molar-refractivity contribution in [3.8, 4) is 11.1 Å². The fourth-order valence-corrected chi connectivity index (χ4v) is 4.26. The Morgan fingerprint density at radius 3 is 1.96 bits per heavy atom. The smallest absolute Gasteiger partial charge is 0.481 e. The minimum atomic E-state index is -5.08. The average molecular weight is 697 g/mol. The van der Waals surface area contributed by atoms with Gasteiger partial charge in [-0.1, -0.05) is 91.0 Å². The maximum absolute atomic E-state index is 13.4. The lowest BCUT2D eigenvalue weighted by Gasteiger charge is -2.23. The molecule has 4 aromatic rings. The Morgan fingerprint density at radius 1 is 0.780 bits per heavy atom. The Hall–Kier alpha value is -5.96. The lowest BCUT2D eigenvalue weighted by molar-refractivity contribution is -0.192. The molecule has 0 fully saturated rings. The van der Waals surface area contributed by atoms with E-state index in [9.17, 15) is 32.7 Å². The van der Waals surface area contributed by atoms with Gasteiger partial charge in [0.1, 0.15) is 18.5 Å². The molecule has 3 aromatic carbocycles. The number of hydrogen-bond acceptors (Lipinski definition) is 8. The molecule has 5 N–H and O–H groups in total. The van der Waals surface area contributed by atoms with Crippen LogP contribution in [0.3, 0.4) is 0 Å². The fraction of sp³-hybridized carbons (Fsp3) is 0.229. The van der Waals surface area contributed by atoms with Crippen molar-refractivity contribution >= 4 is 29.8 Å². The van der Waals surface area contributed by atoms with Gasteiger partial charge in [-0.2, -0.15) is 13.2 Å². The SMILES string of the molecule is O=C(O)C(F)(F)F.O=C(O)CC(NC(=O)C(COCc1ccccc1)NC(=O)OCCNc1ccccn1)c1ccc(-c2ccccc2)cc1. The predicted octanol–water partition coefficient (Wildman–Crippen LogP) is 5.44. The molecule has 0 aliphatic heterocycles. The van der Waals surface area contributed by atoms with Gasteiger partial charge in [-0.15, -0.1) is 0 Å². The molecule has 1 heterocycles. The van der Waals surface area contributed by atoms with E-state index in [0.717, 1.165) is 16.7 Å². The predicted molar refractivity (Wildman–Crippen MR) is 176 cm³/mol. The van der Waals surface area contributed by atoms with Crippen molar-refractivity contribution in [2.75, 3.05) is 25.1 Å². The standard InChI is InChI=1S/C33H34N4O6.C2HF3O2/c38-31(39)21-28(27-16-14-26(15-17-27)25-11-5-2-6-12-25)36-32(40)29(23-42-22-24-9-3-1-4-10-24)37-33(41)43-20-19-35-30-13-7-8-18-34-30;3-2(4,5)1(6)7/h1-18,28-29H,19-23H2,(H,34,35)(H,36,40)(H,37,41)(H,38,39);(H,6,7). The number of carbonyl (C=O) groups is 4. The first-order valence-corrected chi connectivity index (χ1v) is 15.1. The van der Waals surface area contributed by atoms with Crippen LogP contribution in [-0.2, 0) is 30.5 Å². The van der Waals surface area contributed by atoms with E-state index in [1.54, 1.807) is 30.5 Å². The summed E-state index contributed by atoms with van der Waals surface area (Å²) in [5, 5.41) is 25.1. The Bertz CT molecular complexity index is 1650. The van der Waals surface area contributed by atoms with Crippen LogP contribution in [-0.4, -0.2) is 71.1 Å². The number of rotatable bonds is 15. The van der Waals surface area contributed by atoms with Crippen LogP contribution in [0, 0.1) is 0 Å². The van der Waals surface area contributed by atoms with Gasteiger partial charge < -0.3 is 35.6 Å². The number of anilines is 1. The molecular formula is C35H35F3N4O8. The number of nitrogens with zero attached hydrogens (tertiary/aromatic N) is 1. The summed E-state index contributed by atoms with van der Waals surface area (Å²) in [6, 6.07) is 29.9. The molecule has 12 nitrogen and oxygen atoms in total. The number of amides is 2. The summed E-state index contributed by atoms with van der Waals surface area (Å²) in [5.41, 5.74) is 3.48. The molecule has 50 heavy (non-hydrogen) atoms. The molecule has 0 bridgehead atoms. The zero-order valence-electron chi connectivity index (χ0n) is 26.5. The van der Waals surface area contributed by atoms with E-state index >= 15 is 0 Å². The van der Waals surface area contributed by atoms with Gasteiger partial charge in [0.2, 0.25) is 5.91 Å². The quantitative estimate of drug-likeness (QED) is 0.101. The van der Waals surface area contributed by atoms with Crippen molar-refractivity contribution in [2.45, 2.75) is 31.3 Å². The summed E-state index contributed by atoms with van der Waals surface area (Å²) in [4.78, 5) is 50.8. The molecule has 4 rings (SSSR count). The second-order valence-corrected chi connectivity index (χ2v) is 10.4. The molecule has 2 atom stereocenters. The van der Waals surface area contributed by atoms with E-state index in [0.29, 0.717) is 17.9 Å². The molecule has 0 saturated heterocycles. The van der Waals surface area contributed by atoms with Gasteiger partial charge in [0.15, 0.2) is 0 Å². The highest BCUT2D eigenvalue weighted by Crippen LogP contribution is 2.24. The number of carboxylic acids is 2. The summed E-state index contributed by atoms with van der Waals surface area (Å²) in [6.45, 7) is 0.395. The second kappa shape index (κ2) is 19.8. The Balaban J connectivity index is 0.000000872. The molecule has 0 aliphatic carbocycles. The summed E-state index contributed by atoms with van der Waals surface area (Å²) < 4.78 is 42.7. The van der Waals surface area contributed by atoms with Gasteiger partial charge in [0.05, 0.1) is 32.2 Å². The van der Waals surface area contributed by atoms with E-state index in [4.69, 9.17) is 19.4 Å². The van der Waals surface area contributed by atoms with E-state index in [-0.39, 0.29) is 26.2 Å². The molecule has 0 saturated carbocycles. The number of halogens is 3. The zero-order chi connectivity index (χ0) is 36.4. The van der Waals surface area contributed by atoms with E-state index in [2.05, 4.69) is 20.9 Å². The van der Waals surface area contributed by atoms with Crippen molar-refractivity contribution in [3.63, 3.8) is 0 Å². The van der Waals surface area contributed by atoms with Gasteiger partial charge in [-0.3, -0.25) is 9.59 Å². The summed E-state index contributed by atoms with van der Waals surface area (Å²) >= 11 is 0. The molecule has 0 aliphatic rings. The monoisotopic (exact) mass is 696 g/mol. The number of alkyl carbamates (subject to hydrolysis) is 1. The average Bonchev–Trinajstić information content (AvgIpc) is 3.10. The number of aliphatic carboxylic acids is 2. The maximum Gasteiger partial charge on any atom is 0.490 e. The van der Waals surface area contributed by atoms with Crippen LogP contribution in [0.4, 0.5) is 23.8 Å². The third-order valence-corrected chi connectivity index (χ3v) is 6.67. The number of hydrogen-bond donors (Lipinski definition) is 5. The maximum atomic E-state index is 13.4. The third kappa shape index (κ3) is 14.0. The number of ether oxygens (including phenoxy) is 2. The lowest BCUT2D eigenvalue weighted by Crippen LogP contribution is -2.50. The first kappa shape index (κ1) is 38.5. The van der Waals surface area contributed by atoms with Crippen molar-refractivity contribution in [3.05, 3.63) is 120 Å². The van der Waals surface area contributed by atoms with E-state index in [1.165, 1.54) is 0 Å². The topological polar surface area (TPSA) is 176 Å². The van der Waals surface area contributed by atoms with Gasteiger partial charge >= 0.3 is 24.2 Å². The van der Waals surface area contributed by atoms with E-state index in [1.807, 2.05) is 78.9 Å². The molecule has 15 heteroatoms. The third-order valence-electron chi connectivity index (χ3n) is 6.67. The van der Waals surface area contributed by atoms with Crippen LogP contribution in [0.15, 0.2) is 109 Å². The van der Waals surface area contributed by atoms with Crippen LogP contribution >= 0.6 is 0 Å². The van der Waals surface area contributed by atoms with Crippen molar-refractivity contribution in [1.82, 2.24) is 15.6 Å². The lowest BCUT2D eigenvalue weighted by atomic mass is 9.99. The van der Waals surface area contributed by atoms with Crippen LogP contribution < -0.4 is 16.0 Å². The Kier molecular flexibility index (Phi) is 15.2. The number of carbonyl (C=O) groups excluding carboxylic acids is 2. The van der Waals surface area contributed by atoms with Gasteiger partial charge in [-0.05, 0) is 34.4 Å². The molecule has 0 spiro atoms. The highest BCUT2D eigenvalue weighted by molar-refractivity contribution is 5.86. The molecular weight excluding hydrogens is 661 g/mol. The second-order valence-electron chi connectivity index (χ2n) is 10.4. The molecule has 1 aromatic heterocycles. The largest absolute Gasteiger partial charge is 0.490 e. The number of aromatic nitrogens is 1. The number of carboxylic acid groups (broad SMARTS) is 2. The zero-order valence-corrected chi connectivity index (χ0v) is 26.5. The number of benzene rings is 3.